The lowest BCUT2D eigenvalue weighted by Crippen LogP contribution is -1.95. The third kappa shape index (κ3) is 1.59. The molecule has 1 aromatic heterocycles. The number of rotatable bonds is 1. The molecule has 1 aromatic carbocycles. The summed E-state index contributed by atoms with van der Waals surface area (Å²) in [5.74, 6) is 0.00447. The molecule has 2 rings (SSSR count). The van der Waals surface area contributed by atoms with Gasteiger partial charge < -0.3 is 5.11 Å². The number of hydrogen-bond donors (Lipinski definition) is 1. The maximum absolute atomic E-state index is 9.47. The van der Waals surface area contributed by atoms with Gasteiger partial charge in [0, 0.05) is 5.02 Å². The number of aromatic hydroxyl groups is 1. The van der Waals surface area contributed by atoms with Gasteiger partial charge in [-0.15, -0.1) is 0 Å². The van der Waals surface area contributed by atoms with E-state index in [1.165, 1.54) is 4.68 Å². The monoisotopic (exact) mass is 207 g/mol. The van der Waals surface area contributed by atoms with Crippen molar-refractivity contribution in [2.75, 3.05) is 0 Å². The molecule has 4 heteroatoms. The van der Waals surface area contributed by atoms with Crippen LogP contribution < -0.4 is 0 Å². The zero-order valence-electron chi connectivity index (χ0n) is 7.53. The van der Waals surface area contributed by atoms with Crippen LogP contribution in [0.15, 0.2) is 24.3 Å². The number of nitrogens with zero attached hydrogens (tertiary/aromatic N) is 2. The Balaban J connectivity index is 2.49. The van der Waals surface area contributed by atoms with Crippen molar-refractivity contribution in [1.82, 2.24) is 9.78 Å². The van der Waals surface area contributed by atoms with Gasteiger partial charge >= 0.3 is 0 Å². The third-order valence-corrected chi connectivity index (χ3v) is 2.07. The van der Waals surface area contributed by atoms with Gasteiger partial charge in [-0.2, -0.15) is 5.10 Å². The Morgan fingerprint density at radius 2 is 2.00 bits per heavy atom. The van der Waals surface area contributed by atoms with Crippen LogP contribution in [0.1, 0.15) is 5.69 Å². The predicted octanol–water partition coefficient (Wildman–Crippen LogP) is 2.34. The molecule has 0 atom stereocenters. The standard InChI is InChI=1S/C10H8ClN2O/c1-7-6-10(14)13(12-7)9-4-2-8(11)3-5-9/h2-5,14H,1H3. The smallest absolute Gasteiger partial charge is 0.222 e. The van der Waals surface area contributed by atoms with E-state index in [0.29, 0.717) is 10.7 Å². The van der Waals surface area contributed by atoms with Gasteiger partial charge in [-0.05, 0) is 31.2 Å². The summed E-state index contributed by atoms with van der Waals surface area (Å²) in [5.41, 5.74) is 1.41. The molecule has 0 bridgehead atoms. The average Bonchev–Trinajstić information content (AvgIpc) is 2.47. The van der Waals surface area contributed by atoms with E-state index in [9.17, 15) is 5.11 Å². The summed E-state index contributed by atoms with van der Waals surface area (Å²) in [6.45, 7) is 1.77. The van der Waals surface area contributed by atoms with Crippen molar-refractivity contribution in [3.05, 3.63) is 41.0 Å². The quantitative estimate of drug-likeness (QED) is 0.780. The van der Waals surface area contributed by atoms with E-state index < -0.39 is 0 Å². The molecule has 0 unspecified atom stereocenters. The average molecular weight is 208 g/mol. The summed E-state index contributed by atoms with van der Waals surface area (Å²) in [7, 11) is 0. The van der Waals surface area contributed by atoms with Crippen molar-refractivity contribution in [2.45, 2.75) is 6.92 Å². The third-order valence-electron chi connectivity index (χ3n) is 1.81. The van der Waals surface area contributed by atoms with Crippen molar-refractivity contribution in [3.8, 4) is 11.6 Å². The van der Waals surface area contributed by atoms with Crippen LogP contribution in [0.25, 0.3) is 5.69 Å². The van der Waals surface area contributed by atoms with Gasteiger partial charge in [0.15, 0.2) is 0 Å². The summed E-state index contributed by atoms with van der Waals surface area (Å²) < 4.78 is 1.41. The van der Waals surface area contributed by atoms with Crippen LogP contribution in [0.4, 0.5) is 0 Å². The van der Waals surface area contributed by atoms with Crippen LogP contribution in [0.3, 0.4) is 0 Å². The molecule has 3 nitrogen and oxygen atoms in total. The van der Waals surface area contributed by atoms with Crippen molar-refractivity contribution >= 4 is 11.6 Å². The van der Waals surface area contributed by atoms with Crippen LogP contribution in [0.5, 0.6) is 5.88 Å². The fraction of sp³-hybridized carbons (Fsp3) is 0.100. The molecule has 1 N–H and O–H groups in total. The van der Waals surface area contributed by atoms with E-state index in [1.54, 1.807) is 31.2 Å². The van der Waals surface area contributed by atoms with E-state index in [4.69, 9.17) is 11.6 Å². The summed E-state index contributed by atoms with van der Waals surface area (Å²) in [4.78, 5) is 0. The molecule has 2 aromatic rings. The topological polar surface area (TPSA) is 38.0 Å². The van der Waals surface area contributed by atoms with E-state index >= 15 is 0 Å². The maximum Gasteiger partial charge on any atom is 0.222 e. The first-order valence-corrected chi connectivity index (χ1v) is 4.48. The molecular formula is C10H8ClN2O. The van der Waals surface area contributed by atoms with E-state index in [1.807, 2.05) is 0 Å². The maximum atomic E-state index is 9.47. The first kappa shape index (κ1) is 9.09. The van der Waals surface area contributed by atoms with E-state index in [-0.39, 0.29) is 5.88 Å². The molecule has 71 valence electrons. The van der Waals surface area contributed by atoms with Gasteiger partial charge in [0.1, 0.15) is 0 Å². The Morgan fingerprint density at radius 1 is 1.36 bits per heavy atom. The van der Waals surface area contributed by atoms with Crippen molar-refractivity contribution < 1.29 is 5.11 Å². The second-order valence-corrected chi connectivity index (χ2v) is 3.36. The largest absolute Gasteiger partial charge is 0.493 e. The highest BCUT2D eigenvalue weighted by Crippen LogP contribution is 2.18. The molecule has 0 fully saturated rings. The molecule has 1 heterocycles. The Morgan fingerprint density at radius 3 is 2.50 bits per heavy atom. The summed E-state index contributed by atoms with van der Waals surface area (Å²) >= 11 is 5.74. The number of benzene rings is 1. The fourth-order valence-corrected chi connectivity index (χ4v) is 1.33. The van der Waals surface area contributed by atoms with Gasteiger partial charge in [0.2, 0.25) is 5.88 Å². The van der Waals surface area contributed by atoms with E-state index in [0.717, 1.165) is 5.69 Å². The molecule has 0 aliphatic carbocycles. The van der Waals surface area contributed by atoms with Crippen LogP contribution in [0, 0.1) is 13.0 Å². The minimum Gasteiger partial charge on any atom is -0.493 e. The van der Waals surface area contributed by atoms with Gasteiger partial charge in [0.25, 0.3) is 0 Å². The Kier molecular flexibility index (Phi) is 2.17. The van der Waals surface area contributed by atoms with Gasteiger partial charge in [-0.1, -0.05) is 11.6 Å². The van der Waals surface area contributed by atoms with Crippen molar-refractivity contribution in [3.63, 3.8) is 0 Å². The first-order chi connectivity index (χ1) is 6.66. The molecule has 14 heavy (non-hydrogen) atoms. The molecule has 0 aliphatic rings. The number of aryl methyl sites for hydroxylation is 1. The Bertz CT molecular complexity index is 448. The van der Waals surface area contributed by atoms with Crippen molar-refractivity contribution in [2.24, 2.45) is 0 Å². The van der Waals surface area contributed by atoms with E-state index in [2.05, 4.69) is 11.2 Å². The summed E-state index contributed by atoms with van der Waals surface area (Å²) in [5, 5.41) is 14.2. The summed E-state index contributed by atoms with van der Waals surface area (Å²) in [6.07, 6.45) is 0. The lowest BCUT2D eigenvalue weighted by molar-refractivity contribution is 0.432. The number of hydrogen-bond acceptors (Lipinski definition) is 2. The van der Waals surface area contributed by atoms with Gasteiger partial charge in [-0.3, -0.25) is 0 Å². The molecule has 0 saturated heterocycles. The number of halogens is 1. The highest BCUT2D eigenvalue weighted by Gasteiger charge is 2.05. The zero-order valence-corrected chi connectivity index (χ0v) is 8.28. The lowest BCUT2D eigenvalue weighted by atomic mass is 10.3. The van der Waals surface area contributed by atoms with Crippen LogP contribution >= 0.6 is 11.6 Å². The minimum absolute atomic E-state index is 0.00447. The van der Waals surface area contributed by atoms with Gasteiger partial charge in [-0.25, -0.2) is 4.68 Å². The van der Waals surface area contributed by atoms with Crippen LogP contribution in [0.2, 0.25) is 5.02 Å². The second kappa shape index (κ2) is 3.35. The normalized spacial score (nSPS) is 10.4. The molecule has 1 radical (unpaired) electrons. The Hall–Kier alpha value is -1.48. The SMILES string of the molecule is Cc1[c]c(O)n(-c2ccc(Cl)cc2)n1. The Labute approximate surface area is 86.6 Å². The molecular weight excluding hydrogens is 200 g/mol. The first-order valence-electron chi connectivity index (χ1n) is 4.10. The molecule has 0 spiro atoms. The molecule has 0 saturated carbocycles. The minimum atomic E-state index is 0.00447. The molecule has 0 amide bonds. The summed E-state index contributed by atoms with van der Waals surface area (Å²) in [6, 6.07) is 9.74. The second-order valence-electron chi connectivity index (χ2n) is 2.92. The predicted molar refractivity (Wildman–Crippen MR) is 53.8 cm³/mol. The zero-order chi connectivity index (χ0) is 10.1. The molecule has 0 aliphatic heterocycles. The van der Waals surface area contributed by atoms with Gasteiger partial charge in [0.05, 0.1) is 17.4 Å². The lowest BCUT2D eigenvalue weighted by Gasteiger charge is -2.01. The number of aromatic nitrogens is 2. The van der Waals surface area contributed by atoms with Crippen molar-refractivity contribution in [1.29, 1.82) is 0 Å². The van der Waals surface area contributed by atoms with Crippen LogP contribution in [-0.2, 0) is 0 Å². The van der Waals surface area contributed by atoms with Crippen LogP contribution in [-0.4, -0.2) is 14.9 Å². The highest BCUT2D eigenvalue weighted by atomic mass is 35.5. The fourth-order valence-electron chi connectivity index (χ4n) is 1.20. The highest BCUT2D eigenvalue weighted by molar-refractivity contribution is 6.30.